The number of nitriles is 2. The number of rotatable bonds is 6. The summed E-state index contributed by atoms with van der Waals surface area (Å²) in [7, 11) is 0. The predicted molar refractivity (Wildman–Crippen MR) is 114 cm³/mol. The van der Waals surface area contributed by atoms with Crippen LogP contribution in [0.1, 0.15) is 81.3 Å². The maximum atomic E-state index is 12.9. The molecule has 152 valence electrons. The molecule has 0 atom stereocenters. The zero-order chi connectivity index (χ0) is 20.5. The van der Waals surface area contributed by atoms with E-state index in [4.69, 9.17) is 10.5 Å². The molecular weight excluding hydrogens is 359 g/mol. The van der Waals surface area contributed by atoms with Gasteiger partial charge >= 0.3 is 0 Å². The van der Waals surface area contributed by atoms with E-state index in [0.717, 1.165) is 12.0 Å². The van der Waals surface area contributed by atoms with E-state index in [9.17, 15) is 4.39 Å². The SMILES string of the molecule is N#CC(F)=CCCC1CCC(/C=C/C2CCC(c3ccc(C#N)cc3)CC2)CC1. The van der Waals surface area contributed by atoms with Crippen molar-refractivity contribution in [3.8, 4) is 12.1 Å². The van der Waals surface area contributed by atoms with Crippen LogP contribution in [0.4, 0.5) is 4.39 Å². The topological polar surface area (TPSA) is 47.6 Å². The smallest absolute Gasteiger partial charge is 0.195 e. The second-order valence-electron chi connectivity index (χ2n) is 8.75. The van der Waals surface area contributed by atoms with Crippen LogP contribution in [0.5, 0.6) is 0 Å². The van der Waals surface area contributed by atoms with Gasteiger partial charge in [0.15, 0.2) is 5.83 Å². The first-order valence-electron chi connectivity index (χ1n) is 11.1. The van der Waals surface area contributed by atoms with E-state index in [1.54, 1.807) is 6.07 Å². The second kappa shape index (κ2) is 11.0. The Hall–Kier alpha value is -2.39. The Labute approximate surface area is 174 Å². The largest absolute Gasteiger partial charge is 0.196 e. The molecule has 2 fully saturated rings. The molecule has 0 unspecified atom stereocenters. The van der Waals surface area contributed by atoms with Gasteiger partial charge in [-0.05, 0) is 112 Å². The van der Waals surface area contributed by atoms with Crippen molar-refractivity contribution in [3.05, 3.63) is 59.4 Å². The highest BCUT2D eigenvalue weighted by Gasteiger charge is 2.22. The van der Waals surface area contributed by atoms with Crippen LogP contribution in [-0.2, 0) is 0 Å². The lowest BCUT2D eigenvalue weighted by molar-refractivity contribution is 0.295. The highest BCUT2D eigenvalue weighted by molar-refractivity contribution is 5.33. The van der Waals surface area contributed by atoms with Crippen molar-refractivity contribution in [3.63, 3.8) is 0 Å². The molecule has 3 heteroatoms. The molecule has 0 aliphatic heterocycles. The van der Waals surface area contributed by atoms with Crippen molar-refractivity contribution in [1.82, 2.24) is 0 Å². The maximum Gasteiger partial charge on any atom is 0.196 e. The quantitative estimate of drug-likeness (QED) is 0.376. The third-order valence-electron chi connectivity index (χ3n) is 6.84. The first kappa shape index (κ1) is 21.3. The molecule has 0 bridgehead atoms. The molecule has 0 spiro atoms. The van der Waals surface area contributed by atoms with Crippen LogP contribution in [0.25, 0.3) is 0 Å². The molecule has 3 rings (SSSR count). The van der Waals surface area contributed by atoms with Crippen LogP contribution >= 0.6 is 0 Å². The summed E-state index contributed by atoms with van der Waals surface area (Å²) in [6.45, 7) is 0. The monoisotopic (exact) mass is 390 g/mol. The van der Waals surface area contributed by atoms with Gasteiger partial charge in [0.1, 0.15) is 6.07 Å². The Morgan fingerprint density at radius 1 is 0.897 bits per heavy atom. The molecule has 0 saturated heterocycles. The number of hydrogen-bond acceptors (Lipinski definition) is 2. The molecule has 0 aromatic heterocycles. The lowest BCUT2D eigenvalue weighted by Gasteiger charge is -2.29. The highest BCUT2D eigenvalue weighted by atomic mass is 19.1. The average molecular weight is 391 g/mol. The fourth-order valence-electron chi connectivity index (χ4n) is 4.95. The highest BCUT2D eigenvalue weighted by Crippen LogP contribution is 2.37. The number of allylic oxidation sites excluding steroid dienone is 4. The van der Waals surface area contributed by atoms with E-state index in [2.05, 4.69) is 30.4 Å². The Bertz CT molecular complexity index is 777. The first-order valence-corrected chi connectivity index (χ1v) is 11.1. The van der Waals surface area contributed by atoms with E-state index >= 15 is 0 Å². The first-order chi connectivity index (χ1) is 14.2. The molecule has 2 saturated carbocycles. The summed E-state index contributed by atoms with van der Waals surface area (Å²) in [4.78, 5) is 0. The van der Waals surface area contributed by atoms with E-state index in [1.807, 2.05) is 12.1 Å². The van der Waals surface area contributed by atoms with Crippen molar-refractivity contribution in [2.24, 2.45) is 17.8 Å². The van der Waals surface area contributed by atoms with Crippen molar-refractivity contribution < 1.29 is 4.39 Å². The number of hydrogen-bond donors (Lipinski definition) is 0. The summed E-state index contributed by atoms with van der Waals surface area (Å²) in [5.41, 5.74) is 2.13. The van der Waals surface area contributed by atoms with E-state index in [0.29, 0.717) is 30.1 Å². The van der Waals surface area contributed by atoms with Crippen LogP contribution in [0, 0.1) is 40.4 Å². The van der Waals surface area contributed by atoms with Gasteiger partial charge < -0.3 is 0 Å². The molecule has 2 nitrogen and oxygen atoms in total. The van der Waals surface area contributed by atoms with Crippen molar-refractivity contribution in [2.45, 2.75) is 70.1 Å². The van der Waals surface area contributed by atoms with Gasteiger partial charge in [0.2, 0.25) is 0 Å². The maximum absolute atomic E-state index is 12.9. The van der Waals surface area contributed by atoms with Crippen molar-refractivity contribution >= 4 is 0 Å². The molecule has 1 aromatic rings. The normalized spacial score (nSPS) is 28.0. The number of halogens is 1. The van der Waals surface area contributed by atoms with Crippen LogP contribution in [0.2, 0.25) is 0 Å². The fraction of sp³-hybridized carbons (Fsp3) is 0.538. The van der Waals surface area contributed by atoms with Gasteiger partial charge in [-0.25, -0.2) is 0 Å². The number of nitrogens with zero attached hydrogens (tertiary/aromatic N) is 2. The molecule has 0 radical (unpaired) electrons. The van der Waals surface area contributed by atoms with E-state index < -0.39 is 5.83 Å². The van der Waals surface area contributed by atoms with Gasteiger partial charge in [-0.2, -0.15) is 14.9 Å². The van der Waals surface area contributed by atoms with Crippen molar-refractivity contribution in [2.75, 3.05) is 0 Å². The standard InChI is InChI=1S/C26H31FN2/c27-26(19-29)3-1-2-20-4-6-21(7-5-20)8-9-22-10-14-24(15-11-22)25-16-12-23(18-28)13-17-25/h3,8-9,12-13,16-17,20-22,24H,1-2,4-7,10-11,14-15H2/b9-8+,26-3?. The lowest BCUT2D eigenvalue weighted by Crippen LogP contribution is -2.14. The molecule has 29 heavy (non-hydrogen) atoms. The minimum absolute atomic E-state index is 0.641. The summed E-state index contributed by atoms with van der Waals surface area (Å²) in [6, 6.07) is 11.9. The van der Waals surface area contributed by atoms with Gasteiger partial charge in [-0.15, -0.1) is 0 Å². The predicted octanol–water partition coefficient (Wildman–Crippen LogP) is 7.35. The van der Waals surface area contributed by atoms with Crippen molar-refractivity contribution in [1.29, 1.82) is 10.5 Å². The van der Waals surface area contributed by atoms with E-state index in [-0.39, 0.29) is 0 Å². The zero-order valence-corrected chi connectivity index (χ0v) is 17.2. The minimum atomic E-state index is -0.643. The Kier molecular flexibility index (Phi) is 8.06. The van der Waals surface area contributed by atoms with Gasteiger partial charge in [-0.1, -0.05) is 24.3 Å². The van der Waals surface area contributed by atoms with Gasteiger partial charge in [-0.3, -0.25) is 0 Å². The molecule has 1 aromatic carbocycles. The van der Waals surface area contributed by atoms with Gasteiger partial charge in [0.25, 0.3) is 0 Å². The average Bonchev–Trinajstić information content (AvgIpc) is 2.79. The summed E-state index contributed by atoms with van der Waals surface area (Å²) < 4.78 is 12.9. The second-order valence-corrected chi connectivity index (χ2v) is 8.75. The fourth-order valence-corrected chi connectivity index (χ4v) is 4.95. The van der Waals surface area contributed by atoms with Crippen LogP contribution in [0.3, 0.4) is 0 Å². The summed E-state index contributed by atoms with van der Waals surface area (Å²) >= 11 is 0. The Morgan fingerprint density at radius 2 is 1.48 bits per heavy atom. The third-order valence-corrected chi connectivity index (χ3v) is 6.84. The van der Waals surface area contributed by atoms with Gasteiger partial charge in [0.05, 0.1) is 11.6 Å². The Balaban J connectivity index is 1.36. The minimum Gasteiger partial charge on any atom is -0.195 e. The van der Waals surface area contributed by atoms with Crippen LogP contribution in [-0.4, -0.2) is 0 Å². The molecule has 0 N–H and O–H groups in total. The molecule has 0 amide bonds. The lowest BCUT2D eigenvalue weighted by atomic mass is 9.77. The van der Waals surface area contributed by atoms with Crippen LogP contribution in [0.15, 0.2) is 48.3 Å². The van der Waals surface area contributed by atoms with Gasteiger partial charge in [0, 0.05) is 0 Å². The summed E-state index contributed by atoms with van der Waals surface area (Å²) in [5.74, 6) is 2.10. The zero-order valence-electron chi connectivity index (χ0n) is 17.2. The van der Waals surface area contributed by atoms with E-state index in [1.165, 1.54) is 63.0 Å². The Morgan fingerprint density at radius 3 is 2.03 bits per heavy atom. The number of benzene rings is 1. The summed E-state index contributed by atoms with van der Waals surface area (Å²) in [6.07, 6.45) is 18.0. The molecule has 0 heterocycles. The molecule has 2 aliphatic carbocycles. The third kappa shape index (κ3) is 6.57. The summed E-state index contributed by atoms with van der Waals surface area (Å²) in [5, 5.41) is 17.4. The molecule has 2 aliphatic rings. The van der Waals surface area contributed by atoms with Crippen LogP contribution < -0.4 is 0 Å². The molecular formula is C26H31FN2.